The normalized spacial score (nSPS) is 11.7. The van der Waals surface area contributed by atoms with Gasteiger partial charge in [-0.2, -0.15) is 0 Å². The first kappa shape index (κ1) is 38.1. The SMILES string of the molecule is COc1ccc(/C=C(\NC(=O)c2ccccc2)C(=O)Nc2ccc(SC(C(=O)Nc3nc(-c4ccc(Cl)c(Cl)c4)cs3)c3ccccc3)cc2)c(OC)c1. The number of amides is 3. The Morgan fingerprint density at radius 3 is 2.20 bits per heavy atom. The Morgan fingerprint density at radius 1 is 0.796 bits per heavy atom. The van der Waals surface area contributed by atoms with Crippen LogP contribution in [0.4, 0.5) is 10.8 Å². The zero-order chi connectivity index (χ0) is 38.0. The van der Waals surface area contributed by atoms with E-state index in [1.165, 1.54) is 36.3 Å². The Kier molecular flexibility index (Phi) is 12.7. The average molecular weight is 796 g/mol. The minimum atomic E-state index is -0.619. The summed E-state index contributed by atoms with van der Waals surface area (Å²) in [4.78, 5) is 46.0. The summed E-state index contributed by atoms with van der Waals surface area (Å²) in [6.07, 6.45) is 1.54. The molecule has 0 saturated heterocycles. The summed E-state index contributed by atoms with van der Waals surface area (Å²) in [6.45, 7) is 0. The fraction of sp³-hybridized carbons (Fsp3) is 0.0732. The third-order valence-corrected chi connectivity index (χ3v) is 10.7. The molecular weight excluding hydrogens is 764 g/mol. The van der Waals surface area contributed by atoms with E-state index in [1.807, 2.05) is 53.9 Å². The lowest BCUT2D eigenvalue weighted by Gasteiger charge is -2.17. The number of ether oxygens (including phenoxy) is 2. The lowest BCUT2D eigenvalue weighted by molar-refractivity contribution is -0.116. The number of thioether (sulfide) groups is 1. The van der Waals surface area contributed by atoms with Crippen LogP contribution in [0.2, 0.25) is 10.0 Å². The third-order valence-electron chi connectivity index (χ3n) is 7.93. The van der Waals surface area contributed by atoms with Gasteiger partial charge in [0.25, 0.3) is 11.8 Å². The molecule has 54 heavy (non-hydrogen) atoms. The van der Waals surface area contributed by atoms with E-state index in [1.54, 1.807) is 79.9 Å². The van der Waals surface area contributed by atoms with Gasteiger partial charge in [-0.3, -0.25) is 14.4 Å². The van der Waals surface area contributed by atoms with E-state index in [2.05, 4.69) is 20.9 Å². The molecule has 0 aliphatic carbocycles. The van der Waals surface area contributed by atoms with Gasteiger partial charge < -0.3 is 25.4 Å². The van der Waals surface area contributed by atoms with Crippen LogP contribution >= 0.6 is 46.3 Å². The molecular formula is C41H32Cl2N4O5S2. The monoisotopic (exact) mass is 794 g/mol. The van der Waals surface area contributed by atoms with Gasteiger partial charge in [-0.1, -0.05) is 77.8 Å². The van der Waals surface area contributed by atoms with Gasteiger partial charge >= 0.3 is 0 Å². The number of carbonyl (C=O) groups is 3. The fourth-order valence-corrected chi connectivity index (χ4v) is 7.22. The maximum Gasteiger partial charge on any atom is 0.272 e. The predicted octanol–water partition coefficient (Wildman–Crippen LogP) is 10.0. The quantitative estimate of drug-likeness (QED) is 0.0787. The number of hydrogen-bond donors (Lipinski definition) is 3. The second-order valence-electron chi connectivity index (χ2n) is 11.5. The Hall–Kier alpha value is -5.59. The number of methoxy groups -OCH3 is 2. The molecule has 9 nitrogen and oxygen atoms in total. The molecule has 1 atom stereocenters. The average Bonchev–Trinajstić information content (AvgIpc) is 3.67. The van der Waals surface area contributed by atoms with Crippen LogP contribution in [0.1, 0.15) is 26.7 Å². The first-order valence-electron chi connectivity index (χ1n) is 16.4. The van der Waals surface area contributed by atoms with Gasteiger partial charge in [-0.25, -0.2) is 4.98 Å². The number of benzene rings is 5. The van der Waals surface area contributed by atoms with E-state index in [0.717, 1.165) is 16.0 Å². The Bertz CT molecular complexity index is 2300. The lowest BCUT2D eigenvalue weighted by Crippen LogP contribution is -2.30. The molecule has 0 aliphatic rings. The molecule has 0 saturated carbocycles. The zero-order valence-electron chi connectivity index (χ0n) is 28.8. The smallest absolute Gasteiger partial charge is 0.272 e. The summed E-state index contributed by atoms with van der Waals surface area (Å²) in [5.41, 5.74) is 3.66. The molecule has 272 valence electrons. The Morgan fingerprint density at radius 2 is 1.52 bits per heavy atom. The maximum atomic E-state index is 13.8. The van der Waals surface area contributed by atoms with E-state index in [9.17, 15) is 14.4 Å². The number of nitrogens with zero attached hydrogens (tertiary/aromatic N) is 1. The predicted molar refractivity (Wildman–Crippen MR) is 218 cm³/mol. The largest absolute Gasteiger partial charge is 0.497 e. The second-order valence-corrected chi connectivity index (χ2v) is 14.4. The molecule has 6 rings (SSSR count). The van der Waals surface area contributed by atoms with Crippen LogP contribution in [-0.2, 0) is 9.59 Å². The summed E-state index contributed by atoms with van der Waals surface area (Å²) < 4.78 is 10.8. The number of nitrogens with one attached hydrogen (secondary N) is 3. The molecule has 1 aromatic heterocycles. The lowest BCUT2D eigenvalue weighted by atomic mass is 10.1. The van der Waals surface area contributed by atoms with Gasteiger partial charge in [0.1, 0.15) is 22.4 Å². The van der Waals surface area contributed by atoms with E-state index in [4.69, 9.17) is 32.7 Å². The minimum Gasteiger partial charge on any atom is -0.497 e. The Labute approximate surface area is 330 Å². The maximum absolute atomic E-state index is 13.8. The van der Waals surface area contributed by atoms with Crippen LogP contribution in [0.5, 0.6) is 11.5 Å². The van der Waals surface area contributed by atoms with Crippen molar-refractivity contribution >= 4 is 80.9 Å². The number of hydrogen-bond acceptors (Lipinski definition) is 8. The summed E-state index contributed by atoms with van der Waals surface area (Å²) in [5.74, 6) is -0.233. The van der Waals surface area contributed by atoms with E-state index >= 15 is 0 Å². The van der Waals surface area contributed by atoms with Gasteiger partial charge in [0.15, 0.2) is 5.13 Å². The molecule has 1 unspecified atom stereocenters. The van der Waals surface area contributed by atoms with Crippen molar-refractivity contribution in [2.75, 3.05) is 24.9 Å². The van der Waals surface area contributed by atoms with Crippen molar-refractivity contribution in [1.82, 2.24) is 10.3 Å². The summed E-state index contributed by atoms with van der Waals surface area (Å²) in [6, 6.07) is 35.5. The van der Waals surface area contributed by atoms with Crippen LogP contribution in [0.15, 0.2) is 137 Å². The standard InChI is InChI=1S/C41H32Cl2N4O5S2/c1-51-30-17-13-28(36(23-30)52-2)22-34(45-38(48)26-11-7-4-8-12-26)39(49)44-29-15-18-31(19-16-29)54-37(25-9-5-3-6-10-25)40(50)47-41-46-35(24-53-41)27-14-20-32(42)33(43)21-27/h3-24,37H,1-2H3,(H,44,49)(H,45,48)(H,46,47,50)/b34-22-. The number of thiazole rings is 1. The molecule has 0 bridgehead atoms. The number of aromatic nitrogens is 1. The van der Waals surface area contributed by atoms with Crippen LogP contribution in [0.3, 0.4) is 0 Å². The topological polar surface area (TPSA) is 119 Å². The Balaban J connectivity index is 1.19. The summed E-state index contributed by atoms with van der Waals surface area (Å²) in [5, 5.41) is 11.1. The number of rotatable bonds is 13. The first-order chi connectivity index (χ1) is 26.2. The molecule has 0 aliphatic heterocycles. The minimum absolute atomic E-state index is 0.00362. The highest BCUT2D eigenvalue weighted by Crippen LogP contribution is 2.38. The zero-order valence-corrected chi connectivity index (χ0v) is 32.0. The molecule has 0 spiro atoms. The molecule has 13 heteroatoms. The highest BCUT2D eigenvalue weighted by Gasteiger charge is 2.24. The molecule has 0 fully saturated rings. The second kappa shape index (κ2) is 18.0. The number of anilines is 2. The first-order valence-corrected chi connectivity index (χ1v) is 18.9. The van der Waals surface area contributed by atoms with Gasteiger partial charge in [0.2, 0.25) is 5.91 Å². The summed E-state index contributed by atoms with van der Waals surface area (Å²) in [7, 11) is 3.05. The fourth-order valence-electron chi connectivity index (χ4n) is 5.18. The van der Waals surface area contributed by atoms with Crippen LogP contribution in [0, 0.1) is 0 Å². The van der Waals surface area contributed by atoms with Crippen LogP contribution in [-0.4, -0.2) is 36.9 Å². The van der Waals surface area contributed by atoms with E-state index in [0.29, 0.717) is 49.2 Å². The van der Waals surface area contributed by atoms with Crippen LogP contribution < -0.4 is 25.4 Å². The van der Waals surface area contributed by atoms with Crippen molar-refractivity contribution in [1.29, 1.82) is 0 Å². The van der Waals surface area contributed by atoms with Gasteiger partial charge in [0, 0.05) is 38.7 Å². The van der Waals surface area contributed by atoms with Crippen molar-refractivity contribution in [3.05, 3.63) is 159 Å². The summed E-state index contributed by atoms with van der Waals surface area (Å²) >= 11 is 14.9. The highest BCUT2D eigenvalue weighted by atomic mass is 35.5. The van der Waals surface area contributed by atoms with Gasteiger partial charge in [-0.15, -0.1) is 23.1 Å². The van der Waals surface area contributed by atoms with E-state index in [-0.39, 0.29) is 11.6 Å². The van der Waals surface area contributed by atoms with Crippen molar-refractivity contribution in [3.63, 3.8) is 0 Å². The van der Waals surface area contributed by atoms with Gasteiger partial charge in [0.05, 0.1) is 30.0 Å². The molecule has 5 aromatic carbocycles. The van der Waals surface area contributed by atoms with Crippen molar-refractivity contribution in [3.8, 4) is 22.8 Å². The number of halogens is 2. The van der Waals surface area contributed by atoms with E-state index < -0.39 is 17.1 Å². The van der Waals surface area contributed by atoms with Crippen LogP contribution in [0.25, 0.3) is 17.3 Å². The van der Waals surface area contributed by atoms with Crippen molar-refractivity contribution in [2.45, 2.75) is 10.1 Å². The van der Waals surface area contributed by atoms with Crippen molar-refractivity contribution < 1.29 is 23.9 Å². The van der Waals surface area contributed by atoms with Crippen molar-refractivity contribution in [2.24, 2.45) is 0 Å². The molecule has 0 radical (unpaired) electrons. The number of carbonyl (C=O) groups excluding carboxylic acids is 3. The molecule has 1 heterocycles. The van der Waals surface area contributed by atoms with Gasteiger partial charge in [-0.05, 0) is 72.3 Å². The third kappa shape index (κ3) is 9.68. The molecule has 6 aromatic rings. The molecule has 3 N–H and O–H groups in total. The highest BCUT2D eigenvalue weighted by molar-refractivity contribution is 8.00. The molecule has 3 amide bonds.